The summed E-state index contributed by atoms with van der Waals surface area (Å²) >= 11 is 0. The van der Waals surface area contributed by atoms with E-state index in [4.69, 9.17) is 0 Å². The van der Waals surface area contributed by atoms with Gasteiger partial charge < -0.3 is 0 Å². The minimum Gasteiger partial charge on any atom is -0.288 e. The molecule has 3 rings (SSSR count). The van der Waals surface area contributed by atoms with Crippen LogP contribution in [-0.4, -0.2) is 26.2 Å². The summed E-state index contributed by atoms with van der Waals surface area (Å²) in [5, 5.41) is 0. The number of rotatable bonds is 0. The third-order valence-corrected chi connectivity index (χ3v) is 4.95. The Morgan fingerprint density at radius 2 is 1.84 bits per heavy atom. The molecule has 0 spiro atoms. The molecule has 0 saturated heterocycles. The molecule has 6 heteroatoms. The van der Waals surface area contributed by atoms with Crippen LogP contribution < -0.4 is 4.31 Å². The van der Waals surface area contributed by atoms with Gasteiger partial charge in [0, 0.05) is 30.6 Å². The van der Waals surface area contributed by atoms with E-state index in [1.54, 1.807) is 24.3 Å². The van der Waals surface area contributed by atoms with Crippen molar-refractivity contribution in [1.82, 2.24) is 4.98 Å². The van der Waals surface area contributed by atoms with Crippen LogP contribution in [0.15, 0.2) is 47.6 Å². The fourth-order valence-corrected chi connectivity index (χ4v) is 3.48. The zero-order chi connectivity index (χ0) is 13.6. The van der Waals surface area contributed by atoms with Crippen molar-refractivity contribution in [2.45, 2.75) is 4.90 Å². The number of sulfonamides is 1. The van der Waals surface area contributed by atoms with Gasteiger partial charge in [0.05, 0.1) is 5.69 Å². The molecule has 96 valence electrons. The van der Waals surface area contributed by atoms with Gasteiger partial charge in [0.2, 0.25) is 0 Å². The molecule has 1 aromatic carbocycles. The van der Waals surface area contributed by atoms with Crippen LogP contribution in [0.3, 0.4) is 0 Å². The predicted octanol–water partition coefficient (Wildman–Crippen LogP) is 1.45. The molecule has 2 heterocycles. The Kier molecular flexibility index (Phi) is 2.43. The molecule has 1 aliphatic heterocycles. The Hall–Kier alpha value is -2.21. The molecule has 19 heavy (non-hydrogen) atoms. The molecular formula is C13H10N2O3S. The lowest BCUT2D eigenvalue weighted by molar-refractivity contribution is 0.103. The number of carbonyl (C=O) groups excluding carboxylic acids is 1. The Morgan fingerprint density at radius 1 is 1.11 bits per heavy atom. The molecular weight excluding hydrogens is 264 g/mol. The van der Waals surface area contributed by atoms with Gasteiger partial charge in [-0.1, -0.05) is 12.1 Å². The van der Waals surface area contributed by atoms with Crippen molar-refractivity contribution < 1.29 is 13.2 Å². The lowest BCUT2D eigenvalue weighted by Crippen LogP contribution is -2.26. The molecule has 0 N–H and O–H groups in total. The molecule has 0 unspecified atom stereocenters. The summed E-state index contributed by atoms with van der Waals surface area (Å²) < 4.78 is 26.1. The molecule has 5 nitrogen and oxygen atoms in total. The first-order chi connectivity index (χ1) is 9.03. The van der Waals surface area contributed by atoms with Crippen LogP contribution >= 0.6 is 0 Å². The molecule has 0 amide bonds. The van der Waals surface area contributed by atoms with Crippen LogP contribution in [0, 0.1) is 0 Å². The van der Waals surface area contributed by atoms with Gasteiger partial charge in [-0.05, 0) is 18.2 Å². The number of hydrogen-bond donors (Lipinski definition) is 0. The second-order valence-electron chi connectivity index (χ2n) is 4.19. The summed E-state index contributed by atoms with van der Waals surface area (Å²) in [6.07, 6.45) is 2.63. The number of fused-ring (bicyclic) bond motifs is 2. The monoisotopic (exact) mass is 274 g/mol. The molecule has 1 aromatic heterocycles. The Bertz CT molecular complexity index is 784. The molecule has 0 saturated carbocycles. The topological polar surface area (TPSA) is 67.3 Å². The predicted molar refractivity (Wildman–Crippen MR) is 69.7 cm³/mol. The van der Waals surface area contributed by atoms with Crippen molar-refractivity contribution in [2.24, 2.45) is 0 Å². The third-order valence-electron chi connectivity index (χ3n) is 3.16. The fourth-order valence-electron chi connectivity index (χ4n) is 2.14. The SMILES string of the molecule is CN1c2ccccc2C(=O)c2ccncc2S1(=O)=O. The molecule has 0 aliphatic carbocycles. The van der Waals surface area contributed by atoms with E-state index in [-0.39, 0.29) is 16.2 Å². The van der Waals surface area contributed by atoms with Gasteiger partial charge in [-0.25, -0.2) is 8.42 Å². The highest BCUT2D eigenvalue weighted by atomic mass is 32.2. The number of carbonyl (C=O) groups is 1. The number of nitrogens with zero attached hydrogens (tertiary/aromatic N) is 2. The maximum Gasteiger partial charge on any atom is 0.266 e. The van der Waals surface area contributed by atoms with Gasteiger partial charge in [-0.2, -0.15) is 0 Å². The fraction of sp³-hybridized carbons (Fsp3) is 0.0769. The molecule has 2 aromatic rings. The zero-order valence-corrected chi connectivity index (χ0v) is 10.9. The first-order valence-electron chi connectivity index (χ1n) is 5.60. The van der Waals surface area contributed by atoms with E-state index in [9.17, 15) is 13.2 Å². The zero-order valence-electron chi connectivity index (χ0n) is 10.1. The average molecular weight is 274 g/mol. The normalized spacial score (nSPS) is 16.5. The van der Waals surface area contributed by atoms with Gasteiger partial charge in [0.1, 0.15) is 4.90 Å². The van der Waals surface area contributed by atoms with Gasteiger partial charge >= 0.3 is 0 Å². The Balaban J connectivity index is 2.45. The maximum atomic E-state index is 12.5. The number of ketones is 1. The highest BCUT2D eigenvalue weighted by Crippen LogP contribution is 2.33. The number of aromatic nitrogens is 1. The standard InChI is InChI=1S/C13H10N2O3S/c1-15-11-5-3-2-4-9(11)13(16)10-6-7-14-8-12(10)19(15,17)18/h2-8H,1H3. The van der Waals surface area contributed by atoms with Crippen molar-refractivity contribution in [3.63, 3.8) is 0 Å². The maximum absolute atomic E-state index is 12.5. The number of hydrogen-bond acceptors (Lipinski definition) is 4. The van der Waals surface area contributed by atoms with E-state index in [1.165, 1.54) is 25.5 Å². The van der Waals surface area contributed by atoms with Gasteiger partial charge in [-0.15, -0.1) is 0 Å². The minimum atomic E-state index is -3.75. The van der Waals surface area contributed by atoms with E-state index in [2.05, 4.69) is 4.98 Å². The summed E-state index contributed by atoms with van der Waals surface area (Å²) in [7, 11) is -2.32. The first-order valence-corrected chi connectivity index (χ1v) is 7.04. The van der Waals surface area contributed by atoms with E-state index in [1.807, 2.05) is 0 Å². The number of anilines is 1. The van der Waals surface area contributed by atoms with Gasteiger partial charge in [0.25, 0.3) is 10.0 Å². The van der Waals surface area contributed by atoms with E-state index in [0.29, 0.717) is 11.3 Å². The highest BCUT2D eigenvalue weighted by Gasteiger charge is 2.33. The van der Waals surface area contributed by atoms with Crippen molar-refractivity contribution >= 4 is 21.5 Å². The van der Waals surface area contributed by atoms with Crippen molar-refractivity contribution in [3.05, 3.63) is 53.9 Å². The highest BCUT2D eigenvalue weighted by molar-refractivity contribution is 7.93. The van der Waals surface area contributed by atoms with Crippen molar-refractivity contribution in [1.29, 1.82) is 0 Å². The van der Waals surface area contributed by atoms with E-state index < -0.39 is 10.0 Å². The Morgan fingerprint density at radius 3 is 2.63 bits per heavy atom. The quantitative estimate of drug-likeness (QED) is 0.729. The van der Waals surface area contributed by atoms with Crippen LogP contribution in [0.4, 0.5) is 5.69 Å². The van der Waals surface area contributed by atoms with Crippen LogP contribution in [0.25, 0.3) is 0 Å². The minimum absolute atomic E-state index is 0.0568. The smallest absolute Gasteiger partial charge is 0.266 e. The third kappa shape index (κ3) is 1.57. The molecule has 1 aliphatic rings. The van der Waals surface area contributed by atoms with E-state index in [0.717, 1.165) is 4.31 Å². The number of benzene rings is 1. The summed E-state index contributed by atoms with van der Waals surface area (Å²) in [4.78, 5) is 16.2. The summed E-state index contributed by atoms with van der Waals surface area (Å²) in [6, 6.07) is 8.09. The lowest BCUT2D eigenvalue weighted by atomic mass is 10.0. The van der Waals surface area contributed by atoms with Crippen LogP contribution in [-0.2, 0) is 10.0 Å². The summed E-state index contributed by atoms with van der Waals surface area (Å²) in [5.74, 6) is -0.305. The molecule has 0 radical (unpaired) electrons. The average Bonchev–Trinajstić information content (AvgIpc) is 2.50. The van der Waals surface area contributed by atoms with E-state index >= 15 is 0 Å². The lowest BCUT2D eigenvalue weighted by Gasteiger charge is -2.18. The van der Waals surface area contributed by atoms with Gasteiger partial charge in [0.15, 0.2) is 5.78 Å². The molecule has 0 bridgehead atoms. The van der Waals surface area contributed by atoms with Gasteiger partial charge in [-0.3, -0.25) is 14.1 Å². The van der Waals surface area contributed by atoms with Crippen LogP contribution in [0.2, 0.25) is 0 Å². The Labute approximate surface area is 110 Å². The van der Waals surface area contributed by atoms with Crippen molar-refractivity contribution in [2.75, 3.05) is 11.4 Å². The van der Waals surface area contributed by atoms with Crippen molar-refractivity contribution in [3.8, 4) is 0 Å². The summed E-state index contributed by atoms with van der Waals surface area (Å²) in [6.45, 7) is 0. The van der Waals surface area contributed by atoms with Crippen LogP contribution in [0.5, 0.6) is 0 Å². The van der Waals surface area contributed by atoms with Crippen LogP contribution in [0.1, 0.15) is 15.9 Å². The second kappa shape index (κ2) is 3.89. The molecule has 0 fully saturated rings. The number of para-hydroxylation sites is 1. The number of pyridine rings is 1. The second-order valence-corrected chi connectivity index (χ2v) is 6.13. The summed E-state index contributed by atoms with van der Waals surface area (Å²) in [5.41, 5.74) is 0.911. The molecule has 0 atom stereocenters. The largest absolute Gasteiger partial charge is 0.288 e. The first kappa shape index (κ1) is 11.9.